The molecule has 3 heterocycles. The summed E-state index contributed by atoms with van der Waals surface area (Å²) in [5.41, 5.74) is 3.23. The van der Waals surface area contributed by atoms with Crippen LogP contribution in [0.2, 0.25) is 0 Å². The molecule has 5 rings (SSSR count). The zero-order valence-corrected chi connectivity index (χ0v) is 14.1. The van der Waals surface area contributed by atoms with Crippen LogP contribution in [0.3, 0.4) is 0 Å². The molecule has 27 heavy (non-hydrogen) atoms. The molecule has 6 heteroatoms. The molecule has 0 aliphatic heterocycles. The minimum Gasteiger partial charge on any atom is -0.304 e. The van der Waals surface area contributed by atoms with Crippen LogP contribution in [0.15, 0.2) is 77.9 Å². The van der Waals surface area contributed by atoms with Gasteiger partial charge in [0.25, 0.3) is 0 Å². The maximum Gasteiger partial charge on any atom is 0.331 e. The van der Waals surface area contributed by atoms with E-state index in [1.165, 1.54) is 6.07 Å². The molecule has 3 aromatic heterocycles. The summed E-state index contributed by atoms with van der Waals surface area (Å²) in [6.45, 7) is 0. The van der Waals surface area contributed by atoms with Crippen molar-refractivity contribution < 1.29 is 4.39 Å². The predicted molar refractivity (Wildman–Crippen MR) is 102 cm³/mol. The molecule has 2 aromatic carbocycles. The quantitative estimate of drug-likeness (QED) is 0.519. The molecule has 0 aliphatic carbocycles. The smallest absolute Gasteiger partial charge is 0.304 e. The lowest BCUT2D eigenvalue weighted by molar-refractivity contribution is 0.631. The van der Waals surface area contributed by atoms with Crippen molar-refractivity contribution in [3.63, 3.8) is 0 Å². The number of rotatable bonds is 2. The molecule has 0 fully saturated rings. The standard InChI is InChI=1S/C21H13FN4O/c22-15-7-3-1-5-13(15)17-11-20(14-6-2-4-8-16(14)24-17)26-19-9-10-23-12-18(19)25-21(26)27/h1-12H,(H,25,27). The first kappa shape index (κ1) is 15.5. The van der Waals surface area contributed by atoms with Crippen molar-refractivity contribution >= 4 is 21.9 Å². The molecule has 0 saturated carbocycles. The second-order valence-electron chi connectivity index (χ2n) is 6.18. The minimum absolute atomic E-state index is 0.283. The summed E-state index contributed by atoms with van der Waals surface area (Å²) in [4.78, 5) is 24.2. The maximum atomic E-state index is 14.4. The molecule has 0 radical (unpaired) electrons. The second kappa shape index (κ2) is 5.88. The van der Waals surface area contributed by atoms with E-state index in [4.69, 9.17) is 0 Å². The van der Waals surface area contributed by atoms with Crippen LogP contribution in [-0.2, 0) is 0 Å². The van der Waals surface area contributed by atoms with Gasteiger partial charge in [-0.3, -0.25) is 9.55 Å². The molecule has 0 saturated heterocycles. The van der Waals surface area contributed by atoms with E-state index in [-0.39, 0.29) is 11.5 Å². The molecule has 5 aromatic rings. The number of benzene rings is 2. The Kier molecular flexibility index (Phi) is 3.36. The fraction of sp³-hybridized carbons (Fsp3) is 0. The molecule has 5 nitrogen and oxygen atoms in total. The lowest BCUT2D eigenvalue weighted by Crippen LogP contribution is -2.15. The largest absolute Gasteiger partial charge is 0.331 e. The van der Waals surface area contributed by atoms with Crippen LogP contribution in [0.4, 0.5) is 4.39 Å². The normalized spacial score (nSPS) is 11.3. The highest BCUT2D eigenvalue weighted by atomic mass is 19.1. The van der Waals surface area contributed by atoms with Gasteiger partial charge < -0.3 is 4.98 Å². The third-order valence-corrected chi connectivity index (χ3v) is 4.57. The van der Waals surface area contributed by atoms with Crippen molar-refractivity contribution in [1.82, 2.24) is 19.5 Å². The summed E-state index contributed by atoms with van der Waals surface area (Å²) in [5.74, 6) is -0.360. The minimum atomic E-state index is -0.360. The van der Waals surface area contributed by atoms with Gasteiger partial charge in [-0.15, -0.1) is 0 Å². The number of para-hydroxylation sites is 1. The van der Waals surface area contributed by atoms with Crippen LogP contribution in [0.1, 0.15) is 0 Å². The number of pyridine rings is 2. The average molecular weight is 356 g/mol. The molecule has 130 valence electrons. The summed E-state index contributed by atoms with van der Waals surface area (Å²) in [5, 5.41) is 0.803. The molecular weight excluding hydrogens is 343 g/mol. The fourth-order valence-corrected chi connectivity index (χ4v) is 3.35. The van der Waals surface area contributed by atoms with Crippen molar-refractivity contribution in [3.05, 3.63) is 89.4 Å². The Morgan fingerprint density at radius 3 is 2.70 bits per heavy atom. The molecule has 0 aliphatic rings. The number of halogens is 1. The monoisotopic (exact) mass is 356 g/mol. The highest BCUT2D eigenvalue weighted by Gasteiger charge is 2.15. The van der Waals surface area contributed by atoms with Crippen LogP contribution in [0.25, 0.3) is 38.9 Å². The van der Waals surface area contributed by atoms with Gasteiger partial charge in [0.2, 0.25) is 0 Å². The van der Waals surface area contributed by atoms with Gasteiger partial charge in [-0.25, -0.2) is 14.2 Å². The Bertz CT molecular complexity index is 1370. The van der Waals surface area contributed by atoms with Gasteiger partial charge in [0.1, 0.15) is 5.82 Å². The predicted octanol–water partition coefficient (Wildman–Crippen LogP) is 4.07. The lowest BCUT2D eigenvalue weighted by Gasteiger charge is -2.11. The highest BCUT2D eigenvalue weighted by Crippen LogP contribution is 2.29. The summed E-state index contributed by atoms with van der Waals surface area (Å²) in [7, 11) is 0. The topological polar surface area (TPSA) is 63.6 Å². The number of imidazole rings is 1. The van der Waals surface area contributed by atoms with E-state index in [0.717, 1.165) is 5.39 Å². The Hall–Kier alpha value is -3.80. The number of nitrogens with zero attached hydrogens (tertiary/aromatic N) is 3. The van der Waals surface area contributed by atoms with Crippen molar-refractivity contribution in [2.75, 3.05) is 0 Å². The van der Waals surface area contributed by atoms with Crippen molar-refractivity contribution in [3.8, 4) is 16.9 Å². The number of nitrogens with one attached hydrogen (secondary N) is 1. The van der Waals surface area contributed by atoms with Gasteiger partial charge >= 0.3 is 5.69 Å². The maximum absolute atomic E-state index is 14.4. The number of H-pyrrole nitrogens is 1. The zero-order chi connectivity index (χ0) is 18.4. The summed E-state index contributed by atoms with van der Waals surface area (Å²) >= 11 is 0. The van der Waals surface area contributed by atoms with Gasteiger partial charge in [-0.1, -0.05) is 30.3 Å². The first-order valence-corrected chi connectivity index (χ1v) is 8.42. The Morgan fingerprint density at radius 1 is 1.00 bits per heavy atom. The third-order valence-electron chi connectivity index (χ3n) is 4.57. The average Bonchev–Trinajstić information content (AvgIpc) is 3.03. The molecule has 0 atom stereocenters. The van der Waals surface area contributed by atoms with Crippen LogP contribution >= 0.6 is 0 Å². The van der Waals surface area contributed by atoms with Crippen LogP contribution < -0.4 is 5.69 Å². The Labute approximate surface area is 152 Å². The van der Waals surface area contributed by atoms with Crippen LogP contribution in [0.5, 0.6) is 0 Å². The van der Waals surface area contributed by atoms with Gasteiger partial charge in [0.05, 0.1) is 34.1 Å². The zero-order valence-electron chi connectivity index (χ0n) is 14.1. The number of aromatic amines is 1. The van der Waals surface area contributed by atoms with E-state index < -0.39 is 0 Å². The van der Waals surface area contributed by atoms with E-state index in [1.54, 1.807) is 47.3 Å². The Morgan fingerprint density at radius 2 is 1.81 bits per heavy atom. The van der Waals surface area contributed by atoms with E-state index in [0.29, 0.717) is 33.5 Å². The molecule has 1 N–H and O–H groups in total. The third kappa shape index (κ3) is 2.42. The highest BCUT2D eigenvalue weighted by molar-refractivity contribution is 5.92. The number of aromatic nitrogens is 4. The lowest BCUT2D eigenvalue weighted by atomic mass is 10.1. The second-order valence-corrected chi connectivity index (χ2v) is 6.18. The molecule has 0 amide bonds. The number of fused-ring (bicyclic) bond motifs is 2. The SMILES string of the molecule is O=c1[nH]c2cnccc2n1-c1cc(-c2ccccc2F)nc2ccccc12. The fourth-order valence-electron chi connectivity index (χ4n) is 3.35. The van der Waals surface area contributed by atoms with Crippen molar-refractivity contribution in [2.24, 2.45) is 0 Å². The number of hydrogen-bond donors (Lipinski definition) is 1. The molecule has 0 unspecified atom stereocenters. The van der Waals surface area contributed by atoms with Gasteiger partial charge in [0.15, 0.2) is 0 Å². The first-order valence-electron chi connectivity index (χ1n) is 8.42. The Balaban J connectivity index is 1.90. The van der Waals surface area contributed by atoms with E-state index in [9.17, 15) is 9.18 Å². The summed E-state index contributed by atoms with van der Waals surface area (Å²) < 4.78 is 15.9. The molecule has 0 bridgehead atoms. The molecular formula is C21H13FN4O. The molecule has 0 spiro atoms. The van der Waals surface area contributed by atoms with Crippen LogP contribution in [-0.4, -0.2) is 19.5 Å². The summed E-state index contributed by atoms with van der Waals surface area (Å²) in [6, 6.07) is 17.5. The van der Waals surface area contributed by atoms with E-state index in [2.05, 4.69) is 15.0 Å². The first-order chi connectivity index (χ1) is 13.2. The van der Waals surface area contributed by atoms with Crippen LogP contribution in [0, 0.1) is 5.82 Å². The van der Waals surface area contributed by atoms with E-state index in [1.807, 2.05) is 24.3 Å². The van der Waals surface area contributed by atoms with Crippen molar-refractivity contribution in [1.29, 1.82) is 0 Å². The van der Waals surface area contributed by atoms with Gasteiger partial charge in [-0.2, -0.15) is 0 Å². The van der Waals surface area contributed by atoms with Crippen molar-refractivity contribution in [2.45, 2.75) is 0 Å². The van der Waals surface area contributed by atoms with Gasteiger partial charge in [0, 0.05) is 17.1 Å². The summed E-state index contributed by atoms with van der Waals surface area (Å²) in [6.07, 6.45) is 3.24. The van der Waals surface area contributed by atoms with Gasteiger partial charge in [-0.05, 0) is 30.3 Å². The number of hydrogen-bond acceptors (Lipinski definition) is 3. The van der Waals surface area contributed by atoms with E-state index >= 15 is 0 Å².